The first-order chi connectivity index (χ1) is 18.9. The first-order valence-electron chi connectivity index (χ1n) is 13.4. The van der Waals surface area contributed by atoms with Gasteiger partial charge in [0.2, 0.25) is 5.91 Å². The van der Waals surface area contributed by atoms with Crippen LogP contribution in [-0.2, 0) is 30.3 Å². The second kappa shape index (κ2) is 10.3. The first kappa shape index (κ1) is 28.2. The van der Waals surface area contributed by atoms with Crippen LogP contribution in [0, 0.1) is 23.7 Å². The lowest BCUT2D eigenvalue weighted by Gasteiger charge is -2.52. The number of nitrogens with zero attached hydrogens (tertiary/aromatic N) is 1. The second-order valence-corrected chi connectivity index (χ2v) is 11.5. The highest BCUT2D eigenvalue weighted by atomic mass is 16.5. The molecule has 1 saturated heterocycles. The molecule has 1 heterocycles. The van der Waals surface area contributed by atoms with Crippen LogP contribution in [0.4, 0.5) is 0 Å². The summed E-state index contributed by atoms with van der Waals surface area (Å²) >= 11 is 0. The topological polar surface area (TPSA) is 193 Å². The Kier molecular flexibility index (Phi) is 7.24. The van der Waals surface area contributed by atoms with Crippen molar-refractivity contribution in [1.82, 2.24) is 10.2 Å². The van der Waals surface area contributed by atoms with E-state index >= 15 is 0 Å². The molecular weight excluding hydrogens is 522 g/mol. The summed E-state index contributed by atoms with van der Waals surface area (Å²) in [5.74, 6) is -11.5. The summed E-state index contributed by atoms with van der Waals surface area (Å²) < 4.78 is 5.34. The van der Waals surface area contributed by atoms with Gasteiger partial charge < -0.3 is 26.0 Å². The Morgan fingerprint density at radius 2 is 1.80 bits per heavy atom. The van der Waals surface area contributed by atoms with E-state index in [1.54, 1.807) is 0 Å². The van der Waals surface area contributed by atoms with Gasteiger partial charge in [0, 0.05) is 30.7 Å². The molecule has 5 N–H and O–H groups in total. The van der Waals surface area contributed by atoms with Crippen molar-refractivity contribution in [3.63, 3.8) is 0 Å². The van der Waals surface area contributed by atoms with Gasteiger partial charge >= 0.3 is 0 Å². The summed E-state index contributed by atoms with van der Waals surface area (Å²) in [5, 5.41) is 25.5. The second-order valence-electron chi connectivity index (χ2n) is 11.5. The van der Waals surface area contributed by atoms with E-state index < -0.39 is 70.1 Å². The SMILES string of the molecule is CN(C)[C@@H]1C(=O)C(C(N)=O)C(=O)[C@@]2(O)C(=O)C3C(=O)c4c(O)ccc(C(=O)CNC5CCOCC5)c4C[C@H]3C[C@@H]12. The van der Waals surface area contributed by atoms with E-state index in [4.69, 9.17) is 10.5 Å². The molecule has 0 bridgehead atoms. The molecule has 1 aromatic rings. The van der Waals surface area contributed by atoms with Crippen LogP contribution in [0.5, 0.6) is 5.75 Å². The fourth-order valence-corrected chi connectivity index (χ4v) is 7.10. The summed E-state index contributed by atoms with van der Waals surface area (Å²) in [6, 6.07) is 1.60. The number of phenols is 1. The van der Waals surface area contributed by atoms with Gasteiger partial charge in [-0.1, -0.05) is 0 Å². The number of benzene rings is 1. The van der Waals surface area contributed by atoms with Gasteiger partial charge in [-0.25, -0.2) is 0 Å². The van der Waals surface area contributed by atoms with Gasteiger partial charge in [0.15, 0.2) is 40.4 Å². The number of hydrogen-bond donors (Lipinski definition) is 4. The molecule has 2 unspecified atom stereocenters. The predicted molar refractivity (Wildman–Crippen MR) is 138 cm³/mol. The molecule has 1 aliphatic heterocycles. The number of aromatic hydroxyl groups is 1. The maximum absolute atomic E-state index is 13.9. The molecule has 0 radical (unpaired) electrons. The number of fused-ring (bicyclic) bond motifs is 3. The molecule has 1 amide bonds. The van der Waals surface area contributed by atoms with E-state index in [9.17, 15) is 39.0 Å². The number of rotatable bonds is 6. The molecule has 0 spiro atoms. The average molecular weight is 556 g/mol. The summed E-state index contributed by atoms with van der Waals surface area (Å²) in [7, 11) is 3.05. The lowest BCUT2D eigenvalue weighted by Crippen LogP contribution is -2.74. The van der Waals surface area contributed by atoms with Crippen molar-refractivity contribution in [1.29, 1.82) is 0 Å². The maximum Gasteiger partial charge on any atom is 0.235 e. The Balaban J connectivity index is 1.52. The van der Waals surface area contributed by atoms with E-state index in [0.29, 0.717) is 18.8 Å². The zero-order chi connectivity index (χ0) is 29.1. The Morgan fingerprint density at radius 1 is 1.12 bits per heavy atom. The Morgan fingerprint density at radius 3 is 2.42 bits per heavy atom. The minimum absolute atomic E-state index is 0.00564. The van der Waals surface area contributed by atoms with Crippen molar-refractivity contribution >= 4 is 34.8 Å². The number of likely N-dealkylation sites (N-methyl/N-ethyl adjacent to an activating group) is 1. The highest BCUT2D eigenvalue weighted by molar-refractivity contribution is 6.32. The molecule has 40 heavy (non-hydrogen) atoms. The zero-order valence-corrected chi connectivity index (χ0v) is 22.3. The van der Waals surface area contributed by atoms with Gasteiger partial charge in [-0.15, -0.1) is 0 Å². The summed E-state index contributed by atoms with van der Waals surface area (Å²) in [4.78, 5) is 80.9. The van der Waals surface area contributed by atoms with Crippen LogP contribution < -0.4 is 11.1 Å². The molecule has 3 aliphatic carbocycles. The molecule has 12 nitrogen and oxygen atoms in total. The zero-order valence-electron chi connectivity index (χ0n) is 22.3. The van der Waals surface area contributed by atoms with Crippen LogP contribution in [0.2, 0.25) is 0 Å². The molecular formula is C28H33N3O9. The fourth-order valence-electron chi connectivity index (χ4n) is 7.10. The van der Waals surface area contributed by atoms with Gasteiger partial charge in [-0.3, -0.25) is 33.7 Å². The molecule has 1 aromatic carbocycles. The van der Waals surface area contributed by atoms with Crippen molar-refractivity contribution in [3.8, 4) is 5.75 Å². The number of amides is 1. The van der Waals surface area contributed by atoms with Crippen molar-refractivity contribution in [3.05, 3.63) is 28.8 Å². The fraction of sp³-hybridized carbons (Fsp3) is 0.571. The van der Waals surface area contributed by atoms with Gasteiger partial charge in [0.25, 0.3) is 0 Å². The summed E-state index contributed by atoms with van der Waals surface area (Å²) in [5.41, 5.74) is 2.89. The average Bonchev–Trinajstić information content (AvgIpc) is 2.89. The van der Waals surface area contributed by atoms with Crippen LogP contribution in [0.15, 0.2) is 12.1 Å². The molecule has 12 heteroatoms. The first-order valence-corrected chi connectivity index (χ1v) is 13.4. The lowest BCUT2D eigenvalue weighted by molar-refractivity contribution is -0.181. The number of carbonyl (C=O) groups excluding carboxylic acids is 6. The maximum atomic E-state index is 13.9. The van der Waals surface area contributed by atoms with Crippen LogP contribution in [0.25, 0.3) is 0 Å². The smallest absolute Gasteiger partial charge is 0.235 e. The number of hydrogen-bond acceptors (Lipinski definition) is 11. The molecule has 5 rings (SSSR count). The summed E-state index contributed by atoms with van der Waals surface area (Å²) in [6.07, 6.45) is 1.49. The molecule has 214 valence electrons. The third kappa shape index (κ3) is 4.21. The van der Waals surface area contributed by atoms with E-state index in [2.05, 4.69) is 5.32 Å². The number of ether oxygens (including phenoxy) is 1. The number of nitrogens with two attached hydrogens (primary N) is 1. The van der Waals surface area contributed by atoms with E-state index in [0.717, 1.165) is 12.8 Å². The Labute approximate surface area is 230 Å². The number of ketones is 5. The number of nitrogens with one attached hydrogen (secondary N) is 1. The summed E-state index contributed by atoms with van der Waals surface area (Å²) in [6.45, 7) is 1.20. The number of Topliss-reactive ketones (excluding diaryl/α,β-unsaturated/α-hetero) is 5. The monoisotopic (exact) mass is 555 g/mol. The Hall–Kier alpha value is -3.32. The molecule has 3 fully saturated rings. The van der Waals surface area contributed by atoms with Crippen molar-refractivity contribution in [2.45, 2.75) is 43.4 Å². The van der Waals surface area contributed by atoms with Gasteiger partial charge in [-0.2, -0.15) is 0 Å². The van der Waals surface area contributed by atoms with E-state index in [-0.39, 0.29) is 42.3 Å². The number of phenolic OH excluding ortho intramolecular Hbond substituents is 1. The van der Waals surface area contributed by atoms with Crippen molar-refractivity contribution in [2.24, 2.45) is 29.4 Å². The Bertz CT molecular complexity index is 1320. The standard InChI is InChI=1S/C28H33N3O9/c1-31(2)22-16-10-12-9-15-14(18(33)11-30-13-5-7-40-8-6-13)3-4-17(32)20(15)23(34)19(12)25(36)28(16,39)26(37)21(24(22)35)27(29)38/h3-4,12-13,16,19,21-22,30,32,39H,5-11H2,1-2H3,(H2,29,38)/t12-,16-,19?,21?,22-,28-/m0/s1. The number of aliphatic hydroxyl groups is 1. The minimum Gasteiger partial charge on any atom is -0.507 e. The minimum atomic E-state index is -2.78. The molecule has 4 aliphatic rings. The van der Waals surface area contributed by atoms with Crippen LogP contribution >= 0.6 is 0 Å². The number of carbonyl (C=O) groups is 6. The molecule has 2 saturated carbocycles. The van der Waals surface area contributed by atoms with Crippen LogP contribution in [0.1, 0.15) is 45.5 Å². The van der Waals surface area contributed by atoms with Gasteiger partial charge in [0.05, 0.1) is 24.1 Å². The number of primary amides is 1. The molecule has 0 aromatic heterocycles. The quantitative estimate of drug-likeness (QED) is 0.244. The molecule has 6 atom stereocenters. The third-order valence-electron chi connectivity index (χ3n) is 9.02. The van der Waals surface area contributed by atoms with E-state index in [1.807, 2.05) is 0 Å². The van der Waals surface area contributed by atoms with Crippen LogP contribution in [0.3, 0.4) is 0 Å². The van der Waals surface area contributed by atoms with E-state index in [1.165, 1.54) is 31.1 Å². The highest BCUT2D eigenvalue weighted by Crippen LogP contribution is 2.51. The lowest BCUT2D eigenvalue weighted by atomic mass is 9.52. The largest absolute Gasteiger partial charge is 0.507 e. The van der Waals surface area contributed by atoms with Gasteiger partial charge in [0.1, 0.15) is 5.75 Å². The third-order valence-corrected chi connectivity index (χ3v) is 9.02. The van der Waals surface area contributed by atoms with Crippen molar-refractivity contribution < 1.29 is 43.7 Å². The normalized spacial score (nSPS) is 32.5. The van der Waals surface area contributed by atoms with Crippen molar-refractivity contribution in [2.75, 3.05) is 33.9 Å². The van der Waals surface area contributed by atoms with Gasteiger partial charge in [-0.05, 0) is 63.4 Å². The van der Waals surface area contributed by atoms with Crippen LogP contribution in [-0.4, -0.2) is 101 Å². The highest BCUT2D eigenvalue weighted by Gasteiger charge is 2.69. The predicted octanol–water partition coefficient (Wildman–Crippen LogP) is -1.18.